The number of hydrogen-bond acceptors (Lipinski definition) is 3. The summed E-state index contributed by atoms with van der Waals surface area (Å²) >= 11 is 0. The van der Waals surface area contributed by atoms with Crippen molar-refractivity contribution in [3.05, 3.63) is 66.0 Å². The number of fused-ring (bicyclic) bond motifs is 1. The van der Waals surface area contributed by atoms with Gasteiger partial charge in [-0.15, -0.1) is 5.10 Å². The third-order valence-electron chi connectivity index (χ3n) is 3.57. The normalized spacial score (nSPS) is 11.4. The molecule has 110 valence electrons. The number of nitrogen functional groups attached to an aromatic ring is 1. The average molecular weight is 290 g/mol. The quantitative estimate of drug-likeness (QED) is 0.745. The molecule has 4 nitrogen and oxygen atoms in total. The van der Waals surface area contributed by atoms with Gasteiger partial charge in [0.2, 0.25) is 5.95 Å². The number of hydrogen-bond donors (Lipinski definition) is 1. The highest BCUT2D eigenvalue weighted by atomic mass is 15.3. The first-order chi connectivity index (χ1) is 10.5. The zero-order valence-corrected chi connectivity index (χ0v) is 12.7. The molecular formula is C18H18N4. The van der Waals surface area contributed by atoms with E-state index in [1.807, 2.05) is 25.3 Å². The zero-order valence-electron chi connectivity index (χ0n) is 12.7. The van der Waals surface area contributed by atoms with Crippen molar-refractivity contribution in [3.63, 3.8) is 0 Å². The van der Waals surface area contributed by atoms with Gasteiger partial charge in [0.15, 0.2) is 0 Å². The molecule has 3 rings (SSSR count). The summed E-state index contributed by atoms with van der Waals surface area (Å²) in [5.74, 6) is 0.267. The molecule has 0 aliphatic heterocycles. The number of allylic oxidation sites excluding steroid dienone is 2. The minimum atomic E-state index is 0.267. The van der Waals surface area contributed by atoms with Gasteiger partial charge in [-0.25, -0.2) is 9.50 Å². The van der Waals surface area contributed by atoms with Crippen LogP contribution in [0.4, 0.5) is 5.95 Å². The number of rotatable bonds is 3. The van der Waals surface area contributed by atoms with Crippen molar-refractivity contribution < 1.29 is 0 Å². The smallest absolute Gasteiger partial charge is 0.238 e. The molecule has 2 aromatic heterocycles. The molecule has 0 atom stereocenters. The van der Waals surface area contributed by atoms with Crippen LogP contribution in [-0.4, -0.2) is 14.6 Å². The molecular weight excluding hydrogens is 272 g/mol. The summed E-state index contributed by atoms with van der Waals surface area (Å²) in [5, 5.41) is 4.18. The average Bonchev–Trinajstić information content (AvgIpc) is 2.89. The highest BCUT2D eigenvalue weighted by molar-refractivity contribution is 5.82. The molecule has 0 unspecified atom stereocenters. The molecule has 0 aliphatic carbocycles. The van der Waals surface area contributed by atoms with Crippen molar-refractivity contribution in [2.75, 3.05) is 5.73 Å². The molecule has 1 aromatic carbocycles. The minimum absolute atomic E-state index is 0.267. The number of aromatic nitrogens is 3. The van der Waals surface area contributed by atoms with E-state index < -0.39 is 0 Å². The van der Waals surface area contributed by atoms with Gasteiger partial charge >= 0.3 is 0 Å². The fourth-order valence-electron chi connectivity index (χ4n) is 2.38. The van der Waals surface area contributed by atoms with Crippen molar-refractivity contribution >= 4 is 17.5 Å². The SMILES string of the molecule is C=C(C)/C=C\c1cc(-c2ccn3nc(N)ncc23)ccc1C. The van der Waals surface area contributed by atoms with Crippen LogP contribution in [0.3, 0.4) is 0 Å². The van der Waals surface area contributed by atoms with Crippen LogP contribution in [-0.2, 0) is 0 Å². The minimum Gasteiger partial charge on any atom is -0.367 e. The number of benzene rings is 1. The summed E-state index contributed by atoms with van der Waals surface area (Å²) in [6, 6.07) is 8.43. The van der Waals surface area contributed by atoms with Gasteiger partial charge in [-0.3, -0.25) is 0 Å². The van der Waals surface area contributed by atoms with E-state index in [2.05, 4.69) is 47.9 Å². The van der Waals surface area contributed by atoms with E-state index in [0.29, 0.717) is 0 Å². The summed E-state index contributed by atoms with van der Waals surface area (Å²) in [6.07, 6.45) is 7.76. The van der Waals surface area contributed by atoms with E-state index in [1.165, 1.54) is 11.1 Å². The van der Waals surface area contributed by atoms with Gasteiger partial charge in [0.25, 0.3) is 0 Å². The van der Waals surface area contributed by atoms with Gasteiger partial charge in [0, 0.05) is 11.8 Å². The van der Waals surface area contributed by atoms with Crippen molar-refractivity contribution in [1.82, 2.24) is 14.6 Å². The van der Waals surface area contributed by atoms with Gasteiger partial charge in [-0.05, 0) is 42.7 Å². The van der Waals surface area contributed by atoms with Gasteiger partial charge in [0.05, 0.1) is 11.7 Å². The molecule has 0 radical (unpaired) electrons. The Labute approximate surface area is 129 Å². The Kier molecular flexibility index (Phi) is 3.51. The maximum Gasteiger partial charge on any atom is 0.238 e. The Balaban J connectivity index is 2.11. The lowest BCUT2D eigenvalue weighted by Crippen LogP contribution is -1.99. The third kappa shape index (κ3) is 2.63. The molecule has 0 bridgehead atoms. The highest BCUT2D eigenvalue weighted by Crippen LogP contribution is 2.27. The van der Waals surface area contributed by atoms with Crippen molar-refractivity contribution in [3.8, 4) is 11.1 Å². The first-order valence-electron chi connectivity index (χ1n) is 7.09. The molecule has 0 saturated heterocycles. The van der Waals surface area contributed by atoms with E-state index in [4.69, 9.17) is 5.73 Å². The summed E-state index contributed by atoms with van der Waals surface area (Å²) in [7, 11) is 0. The second-order valence-electron chi connectivity index (χ2n) is 5.43. The third-order valence-corrected chi connectivity index (χ3v) is 3.57. The van der Waals surface area contributed by atoms with Crippen LogP contribution < -0.4 is 5.73 Å². The molecule has 0 spiro atoms. The monoisotopic (exact) mass is 290 g/mol. The lowest BCUT2D eigenvalue weighted by Gasteiger charge is -2.06. The molecule has 0 amide bonds. The molecule has 3 aromatic rings. The lowest BCUT2D eigenvalue weighted by molar-refractivity contribution is 0.918. The summed E-state index contributed by atoms with van der Waals surface area (Å²) in [6.45, 7) is 7.99. The standard InChI is InChI=1S/C18H18N4/c1-12(2)4-6-14-10-15(7-5-13(14)3)16-8-9-22-17(16)11-20-18(19)21-22/h4-11H,1H2,2-3H3,(H2,19,21)/b6-4-. The van der Waals surface area contributed by atoms with E-state index in [1.54, 1.807) is 10.7 Å². The fraction of sp³-hybridized carbons (Fsp3) is 0.111. The second kappa shape index (κ2) is 5.48. The predicted molar refractivity (Wildman–Crippen MR) is 91.4 cm³/mol. The molecule has 2 heterocycles. The van der Waals surface area contributed by atoms with Crippen LogP contribution in [0.5, 0.6) is 0 Å². The van der Waals surface area contributed by atoms with Crippen LogP contribution in [0.15, 0.2) is 54.9 Å². The molecule has 0 aliphatic rings. The van der Waals surface area contributed by atoms with Gasteiger partial charge in [-0.2, -0.15) is 0 Å². The zero-order chi connectivity index (χ0) is 15.7. The van der Waals surface area contributed by atoms with Crippen LogP contribution in [0.1, 0.15) is 18.1 Å². The first-order valence-corrected chi connectivity index (χ1v) is 7.09. The molecule has 22 heavy (non-hydrogen) atoms. The summed E-state index contributed by atoms with van der Waals surface area (Å²) in [4.78, 5) is 4.09. The maximum absolute atomic E-state index is 5.62. The van der Waals surface area contributed by atoms with E-state index in [0.717, 1.165) is 22.2 Å². The number of nitrogens with zero attached hydrogens (tertiary/aromatic N) is 3. The van der Waals surface area contributed by atoms with Gasteiger partial charge in [-0.1, -0.05) is 36.4 Å². The predicted octanol–water partition coefficient (Wildman–Crippen LogP) is 3.88. The molecule has 0 fully saturated rings. The van der Waals surface area contributed by atoms with E-state index in [9.17, 15) is 0 Å². The van der Waals surface area contributed by atoms with Crippen LogP contribution in [0.25, 0.3) is 22.7 Å². The molecule has 0 saturated carbocycles. The second-order valence-corrected chi connectivity index (χ2v) is 5.43. The van der Waals surface area contributed by atoms with Crippen molar-refractivity contribution in [1.29, 1.82) is 0 Å². The van der Waals surface area contributed by atoms with Crippen LogP contribution >= 0.6 is 0 Å². The molecule has 4 heteroatoms. The van der Waals surface area contributed by atoms with E-state index >= 15 is 0 Å². The Morgan fingerprint density at radius 1 is 1.32 bits per heavy atom. The largest absolute Gasteiger partial charge is 0.367 e. The lowest BCUT2D eigenvalue weighted by atomic mass is 10.00. The fourth-order valence-corrected chi connectivity index (χ4v) is 2.38. The topological polar surface area (TPSA) is 56.2 Å². The highest BCUT2D eigenvalue weighted by Gasteiger charge is 2.08. The summed E-state index contributed by atoms with van der Waals surface area (Å²) in [5.41, 5.74) is 12.2. The van der Waals surface area contributed by atoms with Gasteiger partial charge in [0.1, 0.15) is 0 Å². The van der Waals surface area contributed by atoms with Crippen molar-refractivity contribution in [2.24, 2.45) is 0 Å². The molecule has 2 N–H and O–H groups in total. The van der Waals surface area contributed by atoms with Crippen LogP contribution in [0, 0.1) is 6.92 Å². The maximum atomic E-state index is 5.62. The van der Waals surface area contributed by atoms with E-state index in [-0.39, 0.29) is 5.95 Å². The van der Waals surface area contributed by atoms with Crippen molar-refractivity contribution in [2.45, 2.75) is 13.8 Å². The number of nitrogens with two attached hydrogens (primary N) is 1. The van der Waals surface area contributed by atoms with Gasteiger partial charge < -0.3 is 5.73 Å². The van der Waals surface area contributed by atoms with Crippen LogP contribution in [0.2, 0.25) is 0 Å². The Morgan fingerprint density at radius 2 is 2.14 bits per heavy atom. The number of aryl methyl sites for hydroxylation is 1. The Bertz CT molecular complexity index is 887. The summed E-state index contributed by atoms with van der Waals surface area (Å²) < 4.78 is 1.75. The Hall–Kier alpha value is -2.88. The number of anilines is 1. The Morgan fingerprint density at radius 3 is 2.91 bits per heavy atom. The first kappa shape index (κ1) is 14.1.